The molecule has 2 N–H and O–H groups in total. The third-order valence-corrected chi connectivity index (χ3v) is 7.34. The number of piperidine rings is 2. The standard InChI is InChI=1S/C26H34N4O2/c1-20(31)30-14-6-8-22(18-30)24-10-3-2-7-21(24)17-26(25(27)32)11-15-29(16-12-26)19-23-9-4-5-13-28-23/h2-5,7,9-10,13,22H,6,8,11-12,14-19H2,1H3,(H2,27,32)/t22-/m0/s1. The molecule has 1 atom stereocenters. The fourth-order valence-corrected chi connectivity index (χ4v) is 5.35. The Morgan fingerprint density at radius 2 is 1.84 bits per heavy atom. The number of benzene rings is 1. The lowest BCUT2D eigenvalue weighted by Crippen LogP contribution is -2.48. The largest absolute Gasteiger partial charge is 0.369 e. The third kappa shape index (κ3) is 5.01. The van der Waals surface area contributed by atoms with Gasteiger partial charge >= 0.3 is 0 Å². The summed E-state index contributed by atoms with van der Waals surface area (Å²) in [5.41, 5.74) is 9.03. The molecule has 6 heteroatoms. The average molecular weight is 435 g/mol. The van der Waals surface area contributed by atoms with Crippen LogP contribution in [0.5, 0.6) is 0 Å². The van der Waals surface area contributed by atoms with E-state index in [-0.39, 0.29) is 11.8 Å². The van der Waals surface area contributed by atoms with Gasteiger partial charge in [-0.1, -0.05) is 30.3 Å². The van der Waals surface area contributed by atoms with E-state index in [4.69, 9.17) is 5.73 Å². The maximum absolute atomic E-state index is 12.7. The van der Waals surface area contributed by atoms with Crippen LogP contribution in [-0.4, -0.2) is 52.8 Å². The summed E-state index contributed by atoms with van der Waals surface area (Å²) in [5.74, 6) is 0.262. The number of nitrogens with zero attached hydrogens (tertiary/aromatic N) is 3. The second-order valence-electron chi connectivity index (χ2n) is 9.42. The number of hydrogen-bond donors (Lipinski definition) is 1. The van der Waals surface area contributed by atoms with Gasteiger partial charge in [0, 0.05) is 38.7 Å². The van der Waals surface area contributed by atoms with Crippen molar-refractivity contribution in [1.29, 1.82) is 0 Å². The minimum atomic E-state index is -0.522. The lowest BCUT2D eigenvalue weighted by molar-refractivity contribution is -0.130. The second kappa shape index (κ2) is 9.82. The van der Waals surface area contributed by atoms with Crippen LogP contribution in [0.15, 0.2) is 48.7 Å². The maximum Gasteiger partial charge on any atom is 0.224 e. The van der Waals surface area contributed by atoms with E-state index in [0.29, 0.717) is 12.3 Å². The quantitative estimate of drug-likeness (QED) is 0.758. The summed E-state index contributed by atoms with van der Waals surface area (Å²) < 4.78 is 0. The third-order valence-electron chi connectivity index (χ3n) is 7.34. The molecule has 0 bridgehead atoms. The molecular weight excluding hydrogens is 400 g/mol. The molecule has 6 nitrogen and oxygen atoms in total. The van der Waals surface area contributed by atoms with Gasteiger partial charge in [0.15, 0.2) is 0 Å². The van der Waals surface area contributed by atoms with Crippen molar-refractivity contribution in [2.24, 2.45) is 11.1 Å². The molecule has 2 amide bonds. The normalized spacial score (nSPS) is 21.3. The Hall–Kier alpha value is -2.73. The zero-order valence-corrected chi connectivity index (χ0v) is 19.0. The Morgan fingerprint density at radius 1 is 1.09 bits per heavy atom. The first-order chi connectivity index (χ1) is 15.5. The molecule has 2 saturated heterocycles. The topological polar surface area (TPSA) is 79.5 Å². The maximum atomic E-state index is 12.7. The van der Waals surface area contributed by atoms with Gasteiger partial charge in [0.1, 0.15) is 0 Å². The minimum Gasteiger partial charge on any atom is -0.369 e. The van der Waals surface area contributed by atoms with E-state index in [0.717, 1.165) is 64.1 Å². The predicted octanol–water partition coefficient (Wildman–Crippen LogP) is 3.12. The summed E-state index contributed by atoms with van der Waals surface area (Å²) in [6.07, 6.45) is 6.10. The summed E-state index contributed by atoms with van der Waals surface area (Å²) in [4.78, 5) is 33.4. The summed E-state index contributed by atoms with van der Waals surface area (Å²) in [6, 6.07) is 14.4. The molecule has 2 fully saturated rings. The molecule has 0 saturated carbocycles. The first-order valence-electron chi connectivity index (χ1n) is 11.7. The van der Waals surface area contributed by atoms with Crippen LogP contribution in [0.2, 0.25) is 0 Å². The number of amides is 2. The molecule has 170 valence electrons. The van der Waals surface area contributed by atoms with E-state index in [1.165, 1.54) is 11.1 Å². The van der Waals surface area contributed by atoms with Crippen molar-refractivity contribution < 1.29 is 9.59 Å². The summed E-state index contributed by atoms with van der Waals surface area (Å²) in [6.45, 7) is 5.72. The molecule has 1 aromatic carbocycles. The number of hydrogen-bond acceptors (Lipinski definition) is 4. The summed E-state index contributed by atoms with van der Waals surface area (Å²) in [7, 11) is 0. The molecule has 4 rings (SSSR count). The fraction of sp³-hybridized carbons (Fsp3) is 0.500. The SMILES string of the molecule is CC(=O)N1CCC[C@H](c2ccccc2CC2(C(N)=O)CCN(Cc3ccccn3)CC2)C1. The molecule has 0 aliphatic carbocycles. The van der Waals surface area contributed by atoms with Crippen molar-refractivity contribution in [2.75, 3.05) is 26.2 Å². The van der Waals surface area contributed by atoms with Crippen LogP contribution in [0, 0.1) is 5.41 Å². The van der Waals surface area contributed by atoms with Crippen LogP contribution in [0.25, 0.3) is 0 Å². The van der Waals surface area contributed by atoms with Gasteiger partial charge in [0.05, 0.1) is 11.1 Å². The van der Waals surface area contributed by atoms with E-state index in [1.54, 1.807) is 6.92 Å². The molecule has 2 aromatic rings. The van der Waals surface area contributed by atoms with E-state index >= 15 is 0 Å². The number of carbonyl (C=O) groups excluding carboxylic acids is 2. The molecule has 32 heavy (non-hydrogen) atoms. The van der Waals surface area contributed by atoms with Crippen LogP contribution in [-0.2, 0) is 22.6 Å². The number of nitrogens with two attached hydrogens (primary N) is 1. The first-order valence-corrected chi connectivity index (χ1v) is 11.7. The number of carbonyl (C=O) groups is 2. The predicted molar refractivity (Wildman–Crippen MR) is 125 cm³/mol. The highest BCUT2D eigenvalue weighted by Crippen LogP contribution is 2.38. The minimum absolute atomic E-state index is 0.140. The highest BCUT2D eigenvalue weighted by atomic mass is 16.2. The average Bonchev–Trinajstić information content (AvgIpc) is 2.81. The van der Waals surface area contributed by atoms with Gasteiger partial charge in [0.25, 0.3) is 0 Å². The van der Waals surface area contributed by atoms with Crippen molar-refractivity contribution >= 4 is 11.8 Å². The van der Waals surface area contributed by atoms with Crippen molar-refractivity contribution in [3.05, 3.63) is 65.5 Å². The van der Waals surface area contributed by atoms with Gasteiger partial charge in [0.2, 0.25) is 11.8 Å². The smallest absolute Gasteiger partial charge is 0.224 e. The Kier molecular flexibility index (Phi) is 6.89. The van der Waals surface area contributed by atoms with Gasteiger partial charge in [-0.2, -0.15) is 0 Å². The zero-order valence-electron chi connectivity index (χ0n) is 19.0. The van der Waals surface area contributed by atoms with Crippen LogP contribution in [0.3, 0.4) is 0 Å². The van der Waals surface area contributed by atoms with Crippen LogP contribution >= 0.6 is 0 Å². The monoisotopic (exact) mass is 434 g/mol. The molecule has 0 unspecified atom stereocenters. The fourth-order valence-electron chi connectivity index (χ4n) is 5.35. The number of aromatic nitrogens is 1. The Labute approximate surface area is 190 Å². The number of likely N-dealkylation sites (tertiary alicyclic amines) is 2. The molecule has 2 aliphatic rings. The van der Waals surface area contributed by atoms with Crippen molar-refractivity contribution in [2.45, 2.75) is 51.5 Å². The van der Waals surface area contributed by atoms with Crippen LogP contribution in [0.1, 0.15) is 55.3 Å². The first kappa shape index (κ1) is 22.5. The van der Waals surface area contributed by atoms with E-state index < -0.39 is 5.41 Å². The zero-order chi connectivity index (χ0) is 22.6. The van der Waals surface area contributed by atoms with Gasteiger partial charge in [-0.15, -0.1) is 0 Å². The molecule has 2 aliphatic heterocycles. The number of primary amides is 1. The molecule has 1 aromatic heterocycles. The van der Waals surface area contributed by atoms with Crippen LogP contribution in [0.4, 0.5) is 0 Å². The van der Waals surface area contributed by atoms with Gasteiger partial charge in [-0.05, 0) is 68.5 Å². The highest BCUT2D eigenvalue weighted by Gasteiger charge is 2.40. The van der Waals surface area contributed by atoms with Crippen molar-refractivity contribution in [1.82, 2.24) is 14.8 Å². The van der Waals surface area contributed by atoms with Gasteiger partial charge in [-0.3, -0.25) is 19.5 Å². The van der Waals surface area contributed by atoms with E-state index in [1.807, 2.05) is 29.3 Å². The second-order valence-corrected chi connectivity index (χ2v) is 9.42. The highest BCUT2D eigenvalue weighted by molar-refractivity contribution is 5.81. The molecule has 0 spiro atoms. The molecule has 0 radical (unpaired) electrons. The number of pyridine rings is 1. The Morgan fingerprint density at radius 3 is 2.53 bits per heavy atom. The van der Waals surface area contributed by atoms with Gasteiger partial charge < -0.3 is 10.6 Å². The Balaban J connectivity index is 1.48. The van der Waals surface area contributed by atoms with Crippen molar-refractivity contribution in [3.63, 3.8) is 0 Å². The summed E-state index contributed by atoms with van der Waals surface area (Å²) >= 11 is 0. The van der Waals surface area contributed by atoms with E-state index in [9.17, 15) is 9.59 Å². The van der Waals surface area contributed by atoms with Gasteiger partial charge in [-0.25, -0.2) is 0 Å². The lowest BCUT2D eigenvalue weighted by Gasteiger charge is -2.40. The lowest BCUT2D eigenvalue weighted by atomic mass is 9.71. The van der Waals surface area contributed by atoms with Crippen LogP contribution < -0.4 is 5.73 Å². The molecular formula is C26H34N4O2. The molecule has 3 heterocycles. The van der Waals surface area contributed by atoms with Crippen molar-refractivity contribution in [3.8, 4) is 0 Å². The number of rotatable bonds is 6. The Bertz CT molecular complexity index is 938. The summed E-state index contributed by atoms with van der Waals surface area (Å²) in [5, 5.41) is 0. The van der Waals surface area contributed by atoms with E-state index in [2.05, 4.69) is 34.1 Å².